The van der Waals surface area contributed by atoms with Crippen LogP contribution in [-0.4, -0.2) is 83.2 Å². The molecule has 2 N–H and O–H groups in total. The average molecular weight is 516 g/mol. The van der Waals surface area contributed by atoms with Crippen molar-refractivity contribution in [1.29, 1.82) is 0 Å². The molecule has 1 fully saturated rings. The summed E-state index contributed by atoms with van der Waals surface area (Å²) in [6.07, 6.45) is 0. The maximum atomic E-state index is 14.0. The number of hydrogen-bond acceptors (Lipinski definition) is 8. The number of nitrogens with zero attached hydrogens (tertiary/aromatic N) is 1. The molecule has 1 aromatic carbocycles. The Morgan fingerprint density at radius 1 is 1.05 bits per heavy atom. The molecule has 0 radical (unpaired) electrons. The number of likely N-dealkylation sites (N-methyl/N-ethyl adjacent to an activating group) is 1. The largest absolute Gasteiger partial charge is 0.872 e. The van der Waals surface area contributed by atoms with Crippen molar-refractivity contribution < 1.29 is 43.3 Å². The van der Waals surface area contributed by atoms with Crippen molar-refractivity contribution in [2.75, 3.05) is 55.6 Å². The average Bonchev–Trinajstić information content (AvgIpc) is 3.32. The van der Waals surface area contributed by atoms with Crippen LogP contribution in [0.3, 0.4) is 0 Å². The molecule has 1 unspecified atom stereocenters. The zero-order valence-electron chi connectivity index (χ0n) is 22.4. The predicted molar refractivity (Wildman–Crippen MR) is 132 cm³/mol. The van der Waals surface area contributed by atoms with E-state index in [0.717, 1.165) is 4.90 Å². The Hall–Kier alpha value is -3.99. The van der Waals surface area contributed by atoms with Crippen molar-refractivity contribution in [2.45, 2.75) is 19.9 Å². The molecule has 1 amide bonds. The van der Waals surface area contributed by atoms with Gasteiger partial charge in [-0.05, 0) is 42.7 Å². The molecule has 1 saturated heterocycles. The van der Waals surface area contributed by atoms with Crippen LogP contribution >= 0.6 is 0 Å². The topological polar surface area (TPSA) is 135 Å². The molecule has 11 heteroatoms. The fraction of sp³-hybridized carbons (Fsp3) is 0.423. The van der Waals surface area contributed by atoms with Crippen LogP contribution in [0.15, 0.2) is 17.7 Å². The van der Waals surface area contributed by atoms with Gasteiger partial charge in [0.2, 0.25) is 11.5 Å². The number of aromatic nitrogens is 1. The van der Waals surface area contributed by atoms with Crippen LogP contribution in [-0.2, 0) is 14.3 Å². The van der Waals surface area contributed by atoms with Crippen molar-refractivity contribution >= 4 is 23.4 Å². The Labute approximate surface area is 215 Å². The Balaban J connectivity index is 2.32. The molecule has 37 heavy (non-hydrogen) atoms. The normalized spacial score (nSPS) is 16.9. The van der Waals surface area contributed by atoms with Crippen LogP contribution in [0.1, 0.15) is 38.9 Å². The van der Waals surface area contributed by atoms with E-state index < -0.39 is 29.5 Å². The van der Waals surface area contributed by atoms with Crippen LogP contribution in [0.5, 0.6) is 17.2 Å². The van der Waals surface area contributed by atoms with E-state index >= 15 is 0 Å². The van der Waals surface area contributed by atoms with Gasteiger partial charge in [-0.2, -0.15) is 0 Å². The molecule has 3 rings (SSSR count). The highest BCUT2D eigenvalue weighted by Crippen LogP contribution is 2.45. The van der Waals surface area contributed by atoms with Gasteiger partial charge in [-0.3, -0.25) is 9.59 Å². The Bertz CT molecular complexity index is 1240. The number of methoxy groups -OCH3 is 4. The fourth-order valence-corrected chi connectivity index (χ4v) is 4.58. The first-order valence-electron chi connectivity index (χ1n) is 11.6. The number of aryl methyl sites for hydroxylation is 1. The SMILES string of the molecule is COC(=O)c1[nH]c(C)c(C([O-])=C2C(=O)C(=O)N(CC[NH+](C)C)C2c2cc(OC)c(OC)c(OC)c2)c1C. The first-order chi connectivity index (χ1) is 17.5. The minimum absolute atomic E-state index is 0.109. The molecule has 0 saturated carbocycles. The van der Waals surface area contributed by atoms with Gasteiger partial charge in [0.1, 0.15) is 5.69 Å². The molecular weight excluding hydrogens is 482 g/mol. The number of nitrogens with one attached hydrogen (secondary N) is 2. The predicted octanol–water partition coefficient (Wildman–Crippen LogP) is -0.188. The van der Waals surface area contributed by atoms with E-state index in [0.29, 0.717) is 40.6 Å². The summed E-state index contributed by atoms with van der Waals surface area (Å²) in [5.74, 6) is -1.99. The molecule has 1 aromatic heterocycles. The zero-order valence-corrected chi connectivity index (χ0v) is 22.4. The second-order valence-corrected chi connectivity index (χ2v) is 9.01. The third-order valence-electron chi connectivity index (χ3n) is 6.44. The van der Waals surface area contributed by atoms with Crippen LogP contribution in [0.25, 0.3) is 5.76 Å². The summed E-state index contributed by atoms with van der Waals surface area (Å²) >= 11 is 0. The summed E-state index contributed by atoms with van der Waals surface area (Å²) < 4.78 is 21.2. The maximum Gasteiger partial charge on any atom is 0.354 e. The number of H-pyrrole nitrogens is 1. The van der Waals surface area contributed by atoms with Gasteiger partial charge in [-0.15, -0.1) is 0 Å². The molecular formula is C26H33N3O8. The Kier molecular flexibility index (Phi) is 8.17. The smallest absolute Gasteiger partial charge is 0.354 e. The highest BCUT2D eigenvalue weighted by atomic mass is 16.5. The number of aromatic amines is 1. The Morgan fingerprint density at radius 3 is 2.14 bits per heavy atom. The number of ketones is 1. The van der Waals surface area contributed by atoms with Crippen molar-refractivity contribution in [3.8, 4) is 17.2 Å². The van der Waals surface area contributed by atoms with E-state index in [1.165, 1.54) is 33.3 Å². The second kappa shape index (κ2) is 11.0. The van der Waals surface area contributed by atoms with Crippen molar-refractivity contribution in [3.05, 3.63) is 45.8 Å². The van der Waals surface area contributed by atoms with E-state index in [2.05, 4.69) is 4.98 Å². The van der Waals surface area contributed by atoms with Crippen LogP contribution in [0, 0.1) is 13.8 Å². The number of esters is 1. The number of quaternary nitrogens is 1. The van der Waals surface area contributed by atoms with Crippen molar-refractivity contribution in [1.82, 2.24) is 9.88 Å². The van der Waals surface area contributed by atoms with E-state index in [1.807, 2.05) is 14.1 Å². The second-order valence-electron chi connectivity index (χ2n) is 9.01. The lowest BCUT2D eigenvalue weighted by atomic mass is 9.93. The molecule has 2 aromatic rings. The van der Waals surface area contributed by atoms with E-state index in [4.69, 9.17) is 18.9 Å². The monoisotopic (exact) mass is 515 g/mol. The lowest BCUT2D eigenvalue weighted by molar-refractivity contribution is -0.857. The molecule has 11 nitrogen and oxygen atoms in total. The molecule has 200 valence electrons. The summed E-state index contributed by atoms with van der Waals surface area (Å²) in [5, 5.41) is 14.0. The van der Waals surface area contributed by atoms with Crippen molar-refractivity contribution in [2.24, 2.45) is 0 Å². The number of Topliss-reactive ketones (excluding diaryl/α,β-unsaturated/α-hetero) is 1. The first kappa shape index (κ1) is 27.6. The number of benzene rings is 1. The number of amides is 1. The van der Waals surface area contributed by atoms with Gasteiger partial charge in [-0.25, -0.2) is 4.79 Å². The summed E-state index contributed by atoms with van der Waals surface area (Å²) in [5.41, 5.74) is 1.21. The maximum absolute atomic E-state index is 14.0. The van der Waals surface area contributed by atoms with Crippen LogP contribution in [0.2, 0.25) is 0 Å². The third kappa shape index (κ3) is 4.86. The zero-order chi connectivity index (χ0) is 27.6. The minimum Gasteiger partial charge on any atom is -0.872 e. The highest BCUT2D eigenvalue weighted by molar-refractivity contribution is 6.46. The lowest BCUT2D eigenvalue weighted by Gasteiger charge is -2.28. The van der Waals surface area contributed by atoms with Gasteiger partial charge in [-0.1, -0.05) is 5.76 Å². The van der Waals surface area contributed by atoms with Gasteiger partial charge < -0.3 is 38.8 Å². The molecule has 1 aliphatic heterocycles. The van der Waals surface area contributed by atoms with Crippen molar-refractivity contribution in [3.63, 3.8) is 0 Å². The van der Waals surface area contributed by atoms with Gasteiger partial charge >= 0.3 is 5.97 Å². The quantitative estimate of drug-likeness (QED) is 0.203. The van der Waals surface area contributed by atoms with Gasteiger partial charge in [0.15, 0.2) is 11.5 Å². The van der Waals surface area contributed by atoms with Gasteiger partial charge in [0, 0.05) is 11.3 Å². The number of likely N-dealkylation sites (tertiary alicyclic amines) is 1. The molecule has 1 atom stereocenters. The number of carbonyl (C=O) groups excluding carboxylic acids is 3. The van der Waals surface area contributed by atoms with E-state index in [9.17, 15) is 19.5 Å². The van der Waals surface area contributed by atoms with Gasteiger partial charge in [0.05, 0.1) is 61.7 Å². The Morgan fingerprint density at radius 2 is 1.65 bits per heavy atom. The lowest BCUT2D eigenvalue weighted by Crippen LogP contribution is -3.06. The van der Waals surface area contributed by atoms with E-state index in [-0.39, 0.29) is 23.4 Å². The standard InChI is InChI=1S/C26H33N3O8/c1-13-18(14(2)27-20(13)26(33)37-8)22(30)19-21(29(10-9-28(3)4)25(32)23(19)31)15-11-16(34-5)24(36-7)17(12-15)35-6/h11-12,21,27,30H,9-10H2,1-8H3. The van der Waals surface area contributed by atoms with E-state index in [1.54, 1.807) is 26.0 Å². The number of rotatable bonds is 9. The molecule has 0 spiro atoms. The number of carbonyl (C=O) groups is 3. The summed E-state index contributed by atoms with van der Waals surface area (Å²) in [7, 11) is 9.46. The van der Waals surface area contributed by atoms with Gasteiger partial charge in [0.25, 0.3) is 5.91 Å². The van der Waals surface area contributed by atoms with Crippen LogP contribution < -0.4 is 24.2 Å². The summed E-state index contributed by atoms with van der Waals surface area (Å²) in [6.45, 7) is 3.97. The fourth-order valence-electron chi connectivity index (χ4n) is 4.58. The molecule has 0 bridgehead atoms. The highest BCUT2D eigenvalue weighted by Gasteiger charge is 2.45. The molecule has 0 aliphatic carbocycles. The van der Waals surface area contributed by atoms with Crippen LogP contribution in [0.4, 0.5) is 0 Å². The summed E-state index contributed by atoms with van der Waals surface area (Å²) in [4.78, 5) is 44.1. The third-order valence-corrected chi connectivity index (χ3v) is 6.44. The molecule has 1 aliphatic rings. The first-order valence-corrected chi connectivity index (χ1v) is 11.6. The summed E-state index contributed by atoms with van der Waals surface area (Å²) in [6, 6.07) is 2.24. The molecule has 2 heterocycles. The number of ether oxygens (including phenoxy) is 4. The minimum atomic E-state index is -1.00. The number of hydrogen-bond donors (Lipinski definition) is 2.